The molecular weight excluding hydrogens is 538 g/mol. The number of primary amides is 1. The van der Waals surface area contributed by atoms with E-state index in [-0.39, 0.29) is 23.1 Å². The van der Waals surface area contributed by atoms with Crippen molar-refractivity contribution in [2.24, 2.45) is 5.73 Å². The van der Waals surface area contributed by atoms with Gasteiger partial charge in [0.05, 0.1) is 34.6 Å². The SMILES string of the molecule is NC(=O)c1cnc(N[C@H]2CCCC[C@H]2[NH3+])nc1Nc1csc(-c2coc3c(=O)cc(N4CCOCC4)sc23)c1. The summed E-state index contributed by atoms with van der Waals surface area (Å²) in [6.07, 6.45) is 7.45. The lowest BCUT2D eigenvalue weighted by Crippen LogP contribution is -2.68. The third kappa shape index (κ3) is 5.35. The van der Waals surface area contributed by atoms with E-state index >= 15 is 0 Å². The Kier molecular flexibility index (Phi) is 7.21. The van der Waals surface area contributed by atoms with Crippen molar-refractivity contribution in [1.82, 2.24) is 9.97 Å². The molecule has 0 aromatic carbocycles. The Bertz CT molecular complexity index is 1560. The number of aromatic nitrogens is 2. The van der Waals surface area contributed by atoms with Gasteiger partial charge in [0.15, 0.2) is 5.58 Å². The third-order valence-electron chi connectivity index (χ3n) is 7.16. The molecule has 204 valence electrons. The summed E-state index contributed by atoms with van der Waals surface area (Å²) in [6.45, 7) is 2.77. The molecule has 2 fully saturated rings. The first kappa shape index (κ1) is 25.7. The van der Waals surface area contributed by atoms with Crippen LogP contribution in [0.15, 0.2) is 39.2 Å². The monoisotopic (exact) mass is 568 g/mol. The molecule has 1 aliphatic heterocycles. The van der Waals surface area contributed by atoms with Gasteiger partial charge < -0.3 is 36.2 Å². The van der Waals surface area contributed by atoms with Crippen LogP contribution in [-0.4, -0.2) is 54.3 Å². The van der Waals surface area contributed by atoms with Crippen LogP contribution in [0.5, 0.6) is 0 Å². The molecule has 6 rings (SSSR count). The molecule has 1 saturated heterocycles. The molecule has 39 heavy (non-hydrogen) atoms. The van der Waals surface area contributed by atoms with E-state index in [1.165, 1.54) is 24.0 Å². The van der Waals surface area contributed by atoms with Crippen molar-refractivity contribution in [3.05, 3.63) is 45.8 Å². The molecule has 4 aromatic heterocycles. The van der Waals surface area contributed by atoms with Gasteiger partial charge in [-0.25, -0.2) is 4.98 Å². The lowest BCUT2D eigenvalue weighted by Gasteiger charge is -2.27. The van der Waals surface area contributed by atoms with E-state index < -0.39 is 5.91 Å². The quantitative estimate of drug-likeness (QED) is 0.262. The van der Waals surface area contributed by atoms with Crippen molar-refractivity contribution in [3.63, 3.8) is 0 Å². The first-order chi connectivity index (χ1) is 19.0. The van der Waals surface area contributed by atoms with Crippen LogP contribution in [0.1, 0.15) is 36.0 Å². The summed E-state index contributed by atoms with van der Waals surface area (Å²) in [5.41, 5.74) is 11.9. The maximum absolute atomic E-state index is 12.8. The fourth-order valence-electron chi connectivity index (χ4n) is 5.01. The van der Waals surface area contributed by atoms with Gasteiger partial charge in [0, 0.05) is 47.6 Å². The van der Waals surface area contributed by atoms with Gasteiger partial charge in [-0.1, -0.05) is 6.42 Å². The highest BCUT2D eigenvalue weighted by molar-refractivity contribution is 7.23. The van der Waals surface area contributed by atoms with E-state index in [4.69, 9.17) is 14.9 Å². The number of carbonyl (C=O) groups excluding carboxylic acids is 1. The van der Waals surface area contributed by atoms with Gasteiger partial charge in [-0.2, -0.15) is 4.98 Å². The number of nitrogens with one attached hydrogen (secondary N) is 2. The predicted octanol–water partition coefficient (Wildman–Crippen LogP) is 3.02. The molecule has 13 heteroatoms. The number of nitrogens with two attached hydrogens (primary N) is 1. The summed E-state index contributed by atoms with van der Waals surface area (Å²) in [5.74, 6) is 0.144. The van der Waals surface area contributed by atoms with Crippen LogP contribution < -0.4 is 32.4 Å². The number of morpholine rings is 1. The van der Waals surface area contributed by atoms with Gasteiger partial charge in [-0.3, -0.25) is 9.59 Å². The standard InChI is InChI=1S/C26H29N7O4S2/c27-17-3-1-2-4-18(17)31-26-29-11-15(24(28)35)25(32-26)30-14-9-20(38-13-14)16-12-37-22-19(34)10-21(39-23(16)22)33-5-7-36-8-6-33/h9-13,17-18H,1-8,27H2,(H2,28,35)(H2,29,30,31,32)/p+1/t17-,18+/m1/s1. The number of amides is 1. The van der Waals surface area contributed by atoms with E-state index in [1.807, 2.05) is 11.4 Å². The van der Waals surface area contributed by atoms with Gasteiger partial charge in [0.25, 0.3) is 5.91 Å². The first-order valence-corrected chi connectivity index (χ1v) is 14.7. The average molecular weight is 569 g/mol. The van der Waals surface area contributed by atoms with Gasteiger partial charge in [0.1, 0.15) is 23.7 Å². The fraction of sp³-hybridized carbons (Fsp3) is 0.385. The smallest absolute Gasteiger partial charge is 0.254 e. The Labute approximate surface area is 232 Å². The average Bonchev–Trinajstić information content (AvgIpc) is 3.58. The zero-order chi connectivity index (χ0) is 26.9. The van der Waals surface area contributed by atoms with Gasteiger partial charge in [-0.05, 0) is 18.9 Å². The van der Waals surface area contributed by atoms with Crippen molar-refractivity contribution in [3.8, 4) is 10.4 Å². The molecule has 2 atom stereocenters. The topological polar surface area (TPSA) is 163 Å². The highest BCUT2D eigenvalue weighted by Gasteiger charge is 2.26. The molecule has 0 radical (unpaired) electrons. The Morgan fingerprint density at radius 1 is 1.21 bits per heavy atom. The van der Waals surface area contributed by atoms with Gasteiger partial charge >= 0.3 is 0 Å². The molecule has 11 nitrogen and oxygen atoms in total. The Balaban J connectivity index is 1.28. The number of carbonyl (C=O) groups is 1. The largest absolute Gasteiger partial charge is 0.459 e. The minimum Gasteiger partial charge on any atom is -0.459 e. The summed E-state index contributed by atoms with van der Waals surface area (Å²) >= 11 is 3.04. The molecule has 5 heterocycles. The van der Waals surface area contributed by atoms with Crippen LogP contribution in [0.2, 0.25) is 0 Å². The van der Waals surface area contributed by atoms with E-state index in [0.717, 1.165) is 58.2 Å². The minimum absolute atomic E-state index is 0.138. The molecule has 0 unspecified atom stereocenters. The number of quaternary nitrogens is 1. The second-order valence-electron chi connectivity index (χ2n) is 9.80. The van der Waals surface area contributed by atoms with E-state index in [9.17, 15) is 9.59 Å². The van der Waals surface area contributed by atoms with Crippen LogP contribution >= 0.6 is 22.7 Å². The normalized spacial score (nSPS) is 19.8. The number of fused-ring (bicyclic) bond motifs is 1. The molecule has 4 aromatic rings. The van der Waals surface area contributed by atoms with E-state index in [1.54, 1.807) is 23.7 Å². The van der Waals surface area contributed by atoms with Gasteiger partial charge in [0.2, 0.25) is 11.4 Å². The summed E-state index contributed by atoms with van der Waals surface area (Å²) in [5, 5.41) is 9.45. The summed E-state index contributed by atoms with van der Waals surface area (Å²) in [6, 6.07) is 4.05. The second-order valence-corrected chi connectivity index (χ2v) is 11.7. The van der Waals surface area contributed by atoms with Crippen molar-refractivity contribution in [1.29, 1.82) is 0 Å². The first-order valence-electron chi connectivity index (χ1n) is 13.0. The lowest BCUT2D eigenvalue weighted by atomic mass is 9.91. The Morgan fingerprint density at radius 2 is 2.03 bits per heavy atom. The predicted molar refractivity (Wildman–Crippen MR) is 153 cm³/mol. The highest BCUT2D eigenvalue weighted by atomic mass is 32.1. The molecule has 2 aliphatic rings. The van der Waals surface area contributed by atoms with Crippen LogP contribution in [0.25, 0.3) is 20.7 Å². The fourth-order valence-corrected chi connectivity index (χ4v) is 7.12. The zero-order valence-corrected chi connectivity index (χ0v) is 22.9. The maximum atomic E-state index is 12.8. The second kappa shape index (κ2) is 10.9. The van der Waals surface area contributed by atoms with Crippen molar-refractivity contribution in [2.75, 3.05) is 41.8 Å². The molecule has 0 bridgehead atoms. The number of hydrogen-bond donors (Lipinski definition) is 4. The number of nitrogens with zero attached hydrogens (tertiary/aromatic N) is 3. The number of thiophene rings is 1. The zero-order valence-electron chi connectivity index (χ0n) is 21.3. The van der Waals surface area contributed by atoms with Crippen molar-refractivity contribution in [2.45, 2.75) is 37.8 Å². The molecule has 1 saturated carbocycles. The van der Waals surface area contributed by atoms with E-state index in [2.05, 4.69) is 31.2 Å². The van der Waals surface area contributed by atoms with Crippen molar-refractivity contribution >= 4 is 61.3 Å². The maximum Gasteiger partial charge on any atom is 0.254 e. The molecule has 1 amide bonds. The summed E-state index contributed by atoms with van der Waals surface area (Å²) in [7, 11) is 0. The number of anilines is 4. The summed E-state index contributed by atoms with van der Waals surface area (Å²) < 4.78 is 12.0. The minimum atomic E-state index is -0.617. The molecule has 7 N–H and O–H groups in total. The van der Waals surface area contributed by atoms with E-state index in [0.29, 0.717) is 30.6 Å². The number of rotatable bonds is 7. The molecule has 1 aliphatic carbocycles. The number of furan rings is 1. The van der Waals surface area contributed by atoms with Crippen LogP contribution in [-0.2, 0) is 4.74 Å². The molecular formula is C26H30N7O4S2+. The Morgan fingerprint density at radius 3 is 2.82 bits per heavy atom. The van der Waals surface area contributed by atoms with Crippen LogP contribution in [0, 0.1) is 0 Å². The van der Waals surface area contributed by atoms with Crippen LogP contribution in [0.3, 0.4) is 0 Å². The van der Waals surface area contributed by atoms with Gasteiger partial charge in [-0.15, -0.1) is 22.7 Å². The summed E-state index contributed by atoms with van der Waals surface area (Å²) in [4.78, 5) is 36.9. The molecule has 0 spiro atoms. The number of ether oxygens (including phenoxy) is 1. The lowest BCUT2D eigenvalue weighted by molar-refractivity contribution is -0.427. The third-order valence-corrected chi connectivity index (χ3v) is 9.32. The van der Waals surface area contributed by atoms with Crippen LogP contribution in [0.4, 0.5) is 22.5 Å². The highest BCUT2D eigenvalue weighted by Crippen LogP contribution is 2.40. The van der Waals surface area contributed by atoms with Crippen molar-refractivity contribution < 1.29 is 19.7 Å². The number of hydrogen-bond acceptors (Lipinski definition) is 11. The Hall–Kier alpha value is -3.52.